The van der Waals surface area contributed by atoms with Crippen LogP contribution in [0.3, 0.4) is 0 Å². The highest BCUT2D eigenvalue weighted by atomic mass is 32.2. The van der Waals surface area contributed by atoms with Gasteiger partial charge in [0.25, 0.3) is 0 Å². The molecule has 9 heteroatoms. The van der Waals surface area contributed by atoms with E-state index in [0.717, 1.165) is 16.7 Å². The summed E-state index contributed by atoms with van der Waals surface area (Å²) in [6.45, 7) is 4.31. The maximum absolute atomic E-state index is 12.4. The van der Waals surface area contributed by atoms with Crippen molar-refractivity contribution in [2.24, 2.45) is 0 Å². The van der Waals surface area contributed by atoms with E-state index in [0.29, 0.717) is 29.4 Å². The lowest BCUT2D eigenvalue weighted by Gasteiger charge is -2.23. The first-order valence-corrected chi connectivity index (χ1v) is 12.1. The molecule has 0 aliphatic carbocycles. The second-order valence-electron chi connectivity index (χ2n) is 7.55. The van der Waals surface area contributed by atoms with Crippen LogP contribution in [0.15, 0.2) is 30.3 Å². The number of benzene rings is 2. The van der Waals surface area contributed by atoms with Gasteiger partial charge in [-0.2, -0.15) is 0 Å². The van der Waals surface area contributed by atoms with Crippen LogP contribution >= 0.6 is 0 Å². The predicted molar refractivity (Wildman–Crippen MR) is 125 cm³/mol. The minimum Gasteiger partial charge on any atom is -0.493 e. The molecule has 0 aliphatic rings. The molecule has 0 saturated heterocycles. The second-order valence-corrected chi connectivity index (χ2v) is 9.46. The standard InChI is InChI=1S/C23H32N2O6S/c1-16-12-17(2)14-19(13-16)25(32(6,27)28)11-7-8-21(26)24-15-18-9-10-20(29-3)23(31-5)22(18)30-4/h9-10,12-14H,7-8,11,15H2,1-6H3,(H,24,26). The summed E-state index contributed by atoms with van der Waals surface area (Å²) >= 11 is 0. The number of nitrogens with one attached hydrogen (secondary N) is 1. The molecule has 0 spiro atoms. The Bertz CT molecular complexity index is 1030. The van der Waals surface area contributed by atoms with E-state index < -0.39 is 10.0 Å². The van der Waals surface area contributed by atoms with E-state index >= 15 is 0 Å². The third kappa shape index (κ3) is 6.53. The third-order valence-electron chi connectivity index (χ3n) is 4.92. The lowest BCUT2D eigenvalue weighted by molar-refractivity contribution is -0.121. The topological polar surface area (TPSA) is 94.2 Å². The summed E-state index contributed by atoms with van der Waals surface area (Å²) in [7, 11) is 1.11. The van der Waals surface area contributed by atoms with Gasteiger partial charge >= 0.3 is 0 Å². The number of nitrogens with zero attached hydrogens (tertiary/aromatic N) is 1. The number of amides is 1. The van der Waals surface area contributed by atoms with E-state index in [1.165, 1.54) is 31.9 Å². The summed E-state index contributed by atoms with van der Waals surface area (Å²) in [5.41, 5.74) is 3.32. The van der Waals surface area contributed by atoms with E-state index in [1.54, 1.807) is 12.1 Å². The number of sulfonamides is 1. The quantitative estimate of drug-likeness (QED) is 0.549. The zero-order valence-electron chi connectivity index (χ0n) is 19.5. The molecular formula is C23H32N2O6S. The molecule has 0 atom stereocenters. The molecule has 0 saturated carbocycles. The van der Waals surface area contributed by atoms with Crippen LogP contribution in [0.25, 0.3) is 0 Å². The van der Waals surface area contributed by atoms with E-state index in [-0.39, 0.29) is 25.4 Å². The molecule has 2 aromatic carbocycles. The molecule has 0 radical (unpaired) electrons. The average Bonchev–Trinajstić information content (AvgIpc) is 2.72. The summed E-state index contributed by atoms with van der Waals surface area (Å²) in [5.74, 6) is 1.30. The number of anilines is 1. The molecule has 0 aromatic heterocycles. The van der Waals surface area contributed by atoms with Gasteiger partial charge in [0.05, 0.1) is 33.3 Å². The highest BCUT2D eigenvalue weighted by Crippen LogP contribution is 2.39. The van der Waals surface area contributed by atoms with Crippen molar-refractivity contribution in [3.8, 4) is 17.2 Å². The van der Waals surface area contributed by atoms with E-state index in [4.69, 9.17) is 14.2 Å². The minimum absolute atomic E-state index is 0.185. The van der Waals surface area contributed by atoms with Crippen LogP contribution < -0.4 is 23.8 Å². The van der Waals surface area contributed by atoms with Gasteiger partial charge in [-0.15, -0.1) is 0 Å². The summed E-state index contributed by atoms with van der Waals surface area (Å²) < 4.78 is 42.0. The Morgan fingerprint density at radius 2 is 1.59 bits per heavy atom. The van der Waals surface area contributed by atoms with Gasteiger partial charge in [0, 0.05) is 25.1 Å². The van der Waals surface area contributed by atoms with Crippen LogP contribution in [0.5, 0.6) is 17.2 Å². The number of carbonyl (C=O) groups excluding carboxylic acids is 1. The maximum atomic E-state index is 12.4. The highest BCUT2D eigenvalue weighted by molar-refractivity contribution is 7.92. The van der Waals surface area contributed by atoms with Crippen LogP contribution in [-0.4, -0.2) is 48.5 Å². The van der Waals surface area contributed by atoms with Gasteiger partial charge in [-0.05, 0) is 55.7 Å². The smallest absolute Gasteiger partial charge is 0.232 e. The largest absolute Gasteiger partial charge is 0.493 e. The first-order valence-electron chi connectivity index (χ1n) is 10.2. The van der Waals surface area contributed by atoms with Crippen LogP contribution in [0.4, 0.5) is 5.69 Å². The SMILES string of the molecule is COc1ccc(CNC(=O)CCCN(c2cc(C)cc(C)c2)S(C)(=O)=O)c(OC)c1OC. The second kappa shape index (κ2) is 11.1. The normalized spacial score (nSPS) is 11.1. The van der Waals surface area contributed by atoms with Gasteiger partial charge in [0.15, 0.2) is 11.5 Å². The number of aryl methyl sites for hydroxylation is 2. The Hall–Kier alpha value is -2.94. The Morgan fingerprint density at radius 1 is 0.969 bits per heavy atom. The summed E-state index contributed by atoms with van der Waals surface area (Å²) in [4.78, 5) is 12.4. The molecule has 0 unspecified atom stereocenters. The number of methoxy groups -OCH3 is 3. The van der Waals surface area contributed by atoms with Crippen molar-refractivity contribution < 1.29 is 27.4 Å². The highest BCUT2D eigenvalue weighted by Gasteiger charge is 2.19. The molecule has 0 fully saturated rings. The van der Waals surface area contributed by atoms with Crippen molar-refractivity contribution in [2.75, 3.05) is 38.4 Å². The zero-order chi connectivity index (χ0) is 23.9. The van der Waals surface area contributed by atoms with Crippen LogP contribution in [0.1, 0.15) is 29.5 Å². The third-order valence-corrected chi connectivity index (χ3v) is 6.12. The van der Waals surface area contributed by atoms with E-state index in [1.807, 2.05) is 32.0 Å². The molecular weight excluding hydrogens is 432 g/mol. The van der Waals surface area contributed by atoms with Gasteiger partial charge in [-0.3, -0.25) is 9.10 Å². The molecule has 2 aromatic rings. The summed E-state index contributed by atoms with van der Waals surface area (Å²) in [6, 6.07) is 9.19. The first-order chi connectivity index (χ1) is 15.1. The number of ether oxygens (including phenoxy) is 3. The van der Waals surface area contributed by atoms with Crippen molar-refractivity contribution >= 4 is 21.6 Å². The first kappa shape index (κ1) is 25.3. The van der Waals surface area contributed by atoms with Crippen LogP contribution in [-0.2, 0) is 21.4 Å². The molecule has 0 aliphatic heterocycles. The molecule has 1 N–H and O–H groups in total. The van der Waals surface area contributed by atoms with Crippen LogP contribution in [0.2, 0.25) is 0 Å². The molecule has 0 heterocycles. The Balaban J connectivity index is 2.00. The number of carbonyl (C=O) groups is 1. The fourth-order valence-electron chi connectivity index (χ4n) is 3.55. The Kier molecular flexibility index (Phi) is 8.77. The summed E-state index contributed by atoms with van der Waals surface area (Å²) in [6.07, 6.45) is 1.75. The lowest BCUT2D eigenvalue weighted by atomic mass is 10.1. The van der Waals surface area contributed by atoms with Crippen molar-refractivity contribution in [1.82, 2.24) is 5.32 Å². The fourth-order valence-corrected chi connectivity index (χ4v) is 4.50. The van der Waals surface area contributed by atoms with E-state index in [9.17, 15) is 13.2 Å². The molecule has 176 valence electrons. The van der Waals surface area contributed by atoms with Crippen molar-refractivity contribution in [1.29, 1.82) is 0 Å². The molecule has 0 bridgehead atoms. The Labute approximate surface area is 190 Å². The summed E-state index contributed by atoms with van der Waals surface area (Å²) in [5, 5.41) is 2.85. The van der Waals surface area contributed by atoms with Gasteiger partial charge < -0.3 is 19.5 Å². The van der Waals surface area contributed by atoms with Crippen molar-refractivity contribution in [3.63, 3.8) is 0 Å². The monoisotopic (exact) mass is 464 g/mol. The van der Waals surface area contributed by atoms with E-state index in [2.05, 4.69) is 5.32 Å². The van der Waals surface area contributed by atoms with Gasteiger partial charge in [0.1, 0.15) is 0 Å². The minimum atomic E-state index is -3.47. The molecule has 32 heavy (non-hydrogen) atoms. The molecule has 1 amide bonds. The average molecular weight is 465 g/mol. The van der Waals surface area contributed by atoms with Crippen molar-refractivity contribution in [3.05, 3.63) is 47.0 Å². The lowest BCUT2D eigenvalue weighted by Crippen LogP contribution is -2.32. The van der Waals surface area contributed by atoms with Gasteiger partial charge in [0.2, 0.25) is 21.7 Å². The molecule has 8 nitrogen and oxygen atoms in total. The number of rotatable bonds is 11. The van der Waals surface area contributed by atoms with Crippen LogP contribution in [0, 0.1) is 13.8 Å². The van der Waals surface area contributed by atoms with Gasteiger partial charge in [-0.25, -0.2) is 8.42 Å². The maximum Gasteiger partial charge on any atom is 0.232 e. The number of hydrogen-bond acceptors (Lipinski definition) is 6. The number of hydrogen-bond donors (Lipinski definition) is 1. The van der Waals surface area contributed by atoms with Crippen molar-refractivity contribution in [2.45, 2.75) is 33.2 Å². The fraction of sp³-hybridized carbons (Fsp3) is 0.435. The van der Waals surface area contributed by atoms with Gasteiger partial charge in [-0.1, -0.05) is 6.07 Å². The zero-order valence-corrected chi connectivity index (χ0v) is 20.3. The molecule has 2 rings (SSSR count). The predicted octanol–water partition coefficient (Wildman–Crippen LogP) is 3.19. The Morgan fingerprint density at radius 3 is 2.12 bits per heavy atom.